The number of hydrogen-bond acceptors (Lipinski definition) is 0. The summed E-state index contributed by atoms with van der Waals surface area (Å²) in [7, 11) is 2.16. The van der Waals surface area contributed by atoms with Crippen LogP contribution in [0.25, 0.3) is 32.9 Å². The van der Waals surface area contributed by atoms with E-state index in [4.69, 9.17) is 0 Å². The van der Waals surface area contributed by atoms with E-state index in [0.29, 0.717) is 0 Å². The van der Waals surface area contributed by atoms with E-state index in [0.717, 1.165) is 0 Å². The van der Waals surface area contributed by atoms with Gasteiger partial charge >= 0.3 is 0 Å². The Morgan fingerprint density at radius 2 is 1.08 bits per heavy atom. The average Bonchev–Trinajstić information content (AvgIpc) is 2.57. The van der Waals surface area contributed by atoms with Crippen LogP contribution in [0.4, 0.5) is 0 Å². The molecule has 0 bridgehead atoms. The van der Waals surface area contributed by atoms with Crippen LogP contribution in [0, 0.1) is 20.8 Å². The SMILES string of the molecule is Cc1cc(C)c(-c2c3ccccc3[n+](C)c3ccccc23)c(C)c1. The Labute approximate surface area is 143 Å². The Morgan fingerprint density at radius 1 is 0.625 bits per heavy atom. The van der Waals surface area contributed by atoms with E-state index in [1.165, 1.54) is 49.6 Å². The molecule has 4 aromatic rings. The van der Waals surface area contributed by atoms with E-state index in [9.17, 15) is 0 Å². The molecule has 0 saturated carbocycles. The van der Waals surface area contributed by atoms with Gasteiger partial charge in [0.05, 0.1) is 10.8 Å². The van der Waals surface area contributed by atoms with Crippen LogP contribution in [-0.4, -0.2) is 0 Å². The van der Waals surface area contributed by atoms with Crippen molar-refractivity contribution < 1.29 is 4.57 Å². The number of nitrogens with zero attached hydrogens (tertiary/aromatic N) is 1. The van der Waals surface area contributed by atoms with Crippen LogP contribution in [0.3, 0.4) is 0 Å². The Balaban J connectivity index is 2.28. The highest BCUT2D eigenvalue weighted by Gasteiger charge is 2.20. The number of hydrogen-bond donors (Lipinski definition) is 0. The standard InChI is InChI=1S/C23H22N/c1-15-13-16(2)22(17(3)14-15)23-18-9-5-7-11-20(18)24(4)21-12-8-6-10-19(21)23/h5-14H,1-4H3/q+1. The third-order valence-electron chi connectivity index (χ3n) is 5.00. The fourth-order valence-electron chi connectivity index (χ4n) is 4.07. The third kappa shape index (κ3) is 2.12. The quantitative estimate of drug-likeness (QED) is 0.327. The van der Waals surface area contributed by atoms with Gasteiger partial charge in [-0.3, -0.25) is 0 Å². The van der Waals surface area contributed by atoms with Gasteiger partial charge in [0.1, 0.15) is 7.05 Å². The molecule has 0 aliphatic rings. The second-order valence-corrected chi connectivity index (χ2v) is 6.74. The molecule has 0 amide bonds. The summed E-state index contributed by atoms with van der Waals surface area (Å²) in [5.41, 5.74) is 9.27. The van der Waals surface area contributed by atoms with E-state index >= 15 is 0 Å². The first-order valence-corrected chi connectivity index (χ1v) is 8.45. The number of para-hydroxylation sites is 2. The van der Waals surface area contributed by atoms with Gasteiger partial charge in [0, 0.05) is 17.7 Å². The first-order chi connectivity index (χ1) is 11.6. The highest BCUT2D eigenvalue weighted by molar-refractivity contribution is 6.08. The molecule has 0 spiro atoms. The van der Waals surface area contributed by atoms with Crippen LogP contribution in [0.5, 0.6) is 0 Å². The maximum absolute atomic E-state index is 2.30. The van der Waals surface area contributed by atoms with Crippen molar-refractivity contribution in [3.05, 3.63) is 77.4 Å². The van der Waals surface area contributed by atoms with Crippen molar-refractivity contribution in [3.63, 3.8) is 0 Å². The highest BCUT2D eigenvalue weighted by atomic mass is 14.9. The van der Waals surface area contributed by atoms with Crippen molar-refractivity contribution in [1.29, 1.82) is 0 Å². The second-order valence-electron chi connectivity index (χ2n) is 6.74. The molecule has 0 fully saturated rings. The summed E-state index contributed by atoms with van der Waals surface area (Å²) in [6, 6.07) is 22.0. The molecule has 118 valence electrons. The summed E-state index contributed by atoms with van der Waals surface area (Å²) in [4.78, 5) is 0. The van der Waals surface area contributed by atoms with Crippen molar-refractivity contribution in [1.82, 2.24) is 0 Å². The molecule has 24 heavy (non-hydrogen) atoms. The Morgan fingerprint density at radius 3 is 1.58 bits per heavy atom. The van der Waals surface area contributed by atoms with E-state index in [2.05, 4.69) is 93.0 Å². The lowest BCUT2D eigenvalue weighted by molar-refractivity contribution is -0.617. The molecule has 0 N–H and O–H groups in total. The van der Waals surface area contributed by atoms with Gasteiger partial charge in [0.15, 0.2) is 0 Å². The van der Waals surface area contributed by atoms with Crippen LogP contribution < -0.4 is 4.57 Å². The molecule has 0 radical (unpaired) electrons. The van der Waals surface area contributed by atoms with Crippen LogP contribution in [0.15, 0.2) is 60.7 Å². The minimum Gasteiger partial charge on any atom is -0.194 e. The molecule has 1 heterocycles. The number of pyridine rings is 1. The third-order valence-corrected chi connectivity index (χ3v) is 5.00. The fraction of sp³-hybridized carbons (Fsp3) is 0.174. The van der Waals surface area contributed by atoms with Crippen LogP contribution in [0.1, 0.15) is 16.7 Å². The van der Waals surface area contributed by atoms with Crippen molar-refractivity contribution >= 4 is 21.8 Å². The molecule has 4 rings (SSSR count). The number of benzene rings is 3. The molecule has 1 nitrogen and oxygen atoms in total. The van der Waals surface area contributed by atoms with Crippen molar-refractivity contribution in [3.8, 4) is 11.1 Å². The average molecular weight is 312 g/mol. The van der Waals surface area contributed by atoms with E-state index in [1.807, 2.05) is 0 Å². The van der Waals surface area contributed by atoms with Gasteiger partial charge in [-0.05, 0) is 49.6 Å². The molecule has 0 unspecified atom stereocenters. The molecular formula is C23H22N+. The van der Waals surface area contributed by atoms with Crippen molar-refractivity contribution in [2.24, 2.45) is 7.05 Å². The molecular weight excluding hydrogens is 290 g/mol. The maximum atomic E-state index is 2.30. The van der Waals surface area contributed by atoms with Crippen molar-refractivity contribution in [2.75, 3.05) is 0 Å². The monoisotopic (exact) mass is 312 g/mol. The highest BCUT2D eigenvalue weighted by Crippen LogP contribution is 2.37. The zero-order valence-corrected chi connectivity index (χ0v) is 14.7. The molecule has 0 aliphatic carbocycles. The van der Waals surface area contributed by atoms with E-state index in [1.54, 1.807) is 0 Å². The molecule has 0 atom stereocenters. The lowest BCUT2D eigenvalue weighted by Crippen LogP contribution is -2.30. The molecule has 0 aliphatic heterocycles. The van der Waals surface area contributed by atoms with Crippen molar-refractivity contribution in [2.45, 2.75) is 20.8 Å². The Kier molecular flexibility index (Phi) is 3.38. The Bertz CT molecular complexity index is 1010. The first-order valence-electron chi connectivity index (χ1n) is 8.45. The van der Waals surface area contributed by atoms with E-state index < -0.39 is 0 Å². The molecule has 1 aromatic heterocycles. The minimum absolute atomic E-state index is 1.27. The van der Waals surface area contributed by atoms with E-state index in [-0.39, 0.29) is 0 Å². The summed E-state index contributed by atoms with van der Waals surface area (Å²) in [6.45, 7) is 6.63. The zero-order chi connectivity index (χ0) is 16.8. The molecule has 1 heteroatoms. The lowest BCUT2D eigenvalue weighted by atomic mass is 9.89. The van der Waals surface area contributed by atoms with Crippen LogP contribution >= 0.6 is 0 Å². The topological polar surface area (TPSA) is 3.88 Å². The summed E-state index contributed by atoms with van der Waals surface area (Å²) in [5, 5.41) is 2.63. The summed E-state index contributed by atoms with van der Waals surface area (Å²) in [5.74, 6) is 0. The van der Waals surface area contributed by atoms with Crippen LogP contribution in [-0.2, 0) is 7.05 Å². The number of aromatic nitrogens is 1. The summed E-state index contributed by atoms with van der Waals surface area (Å²) < 4.78 is 2.30. The van der Waals surface area contributed by atoms with Gasteiger partial charge in [-0.15, -0.1) is 0 Å². The Hall–Kier alpha value is -2.67. The number of rotatable bonds is 1. The fourth-order valence-corrected chi connectivity index (χ4v) is 4.07. The minimum atomic E-state index is 1.27. The summed E-state index contributed by atoms with van der Waals surface area (Å²) in [6.07, 6.45) is 0. The van der Waals surface area contributed by atoms with Gasteiger partial charge in [-0.1, -0.05) is 42.0 Å². The van der Waals surface area contributed by atoms with Crippen LogP contribution in [0.2, 0.25) is 0 Å². The lowest BCUT2D eigenvalue weighted by Gasteiger charge is -2.16. The van der Waals surface area contributed by atoms with Gasteiger partial charge < -0.3 is 0 Å². The van der Waals surface area contributed by atoms with Gasteiger partial charge in [0.25, 0.3) is 0 Å². The second kappa shape index (κ2) is 5.45. The normalized spacial score (nSPS) is 11.3. The molecule has 3 aromatic carbocycles. The number of aryl methyl sites for hydroxylation is 4. The maximum Gasteiger partial charge on any atom is 0.213 e. The molecule has 0 saturated heterocycles. The zero-order valence-electron chi connectivity index (χ0n) is 14.7. The largest absolute Gasteiger partial charge is 0.213 e. The predicted octanol–water partition coefficient (Wildman–Crippen LogP) is 5.41. The van der Waals surface area contributed by atoms with Gasteiger partial charge in [-0.2, -0.15) is 4.57 Å². The predicted molar refractivity (Wildman–Crippen MR) is 102 cm³/mol. The number of fused-ring (bicyclic) bond motifs is 2. The van der Waals surface area contributed by atoms with Gasteiger partial charge in [-0.25, -0.2) is 0 Å². The first kappa shape index (κ1) is 14.9. The van der Waals surface area contributed by atoms with Gasteiger partial charge in [0.2, 0.25) is 11.0 Å². The summed E-state index contributed by atoms with van der Waals surface area (Å²) >= 11 is 0. The smallest absolute Gasteiger partial charge is 0.194 e.